The zero-order valence-electron chi connectivity index (χ0n) is 22.2. The molecular weight excluding hydrogens is 554 g/mol. The third kappa shape index (κ3) is 7.87. The second-order valence-electron chi connectivity index (χ2n) is 10.3. The van der Waals surface area contributed by atoms with E-state index in [1.807, 2.05) is 0 Å². The smallest absolute Gasteiger partial charge is 0.345 e. The number of benzene rings is 2. The van der Waals surface area contributed by atoms with E-state index in [-0.39, 0.29) is 28.8 Å². The average Bonchev–Trinajstić information content (AvgIpc) is 3.68. The fraction of sp³-hybridized carbons (Fsp3) is 0.444. The number of hydrogen-bond acceptors (Lipinski definition) is 6. The van der Waals surface area contributed by atoms with Gasteiger partial charge in [-0.2, -0.15) is 13.2 Å². The molecule has 40 heavy (non-hydrogen) atoms. The summed E-state index contributed by atoms with van der Waals surface area (Å²) < 4.78 is 81.6. The van der Waals surface area contributed by atoms with Crippen molar-refractivity contribution in [2.45, 2.75) is 63.5 Å². The normalized spacial score (nSPS) is 15.7. The van der Waals surface area contributed by atoms with Gasteiger partial charge in [-0.25, -0.2) is 17.1 Å². The average molecular weight is 586 g/mol. The highest BCUT2D eigenvalue weighted by atomic mass is 32.2. The van der Waals surface area contributed by atoms with Gasteiger partial charge in [0.15, 0.2) is 0 Å². The predicted molar refractivity (Wildman–Crippen MR) is 139 cm³/mol. The van der Waals surface area contributed by atoms with Gasteiger partial charge in [-0.3, -0.25) is 19.7 Å². The van der Waals surface area contributed by atoms with Crippen LogP contribution >= 0.6 is 0 Å². The van der Waals surface area contributed by atoms with Crippen molar-refractivity contribution in [2.24, 2.45) is 5.92 Å². The largest absolute Gasteiger partial charge is 0.407 e. The van der Waals surface area contributed by atoms with Gasteiger partial charge in [-0.1, -0.05) is 55.3 Å². The number of Topliss-reactive ketones (excluding diaryl/α,β-unsaturated/α-hetero) is 1. The first-order chi connectivity index (χ1) is 18.5. The fourth-order valence-electron chi connectivity index (χ4n) is 4.39. The number of nitrogens with zero attached hydrogens (tertiary/aromatic N) is 1. The standard InChI is InChI=1S/C27H31F4N3O5S/c1-26(2,23(35)24(36)32-16-18-7-5-4-6-8-18)34(40(3,38)39)25(37)21(15-17-9-10-17)33-22(27(29,30)31)19-11-13-20(28)14-12-19/h4-8,11-14,17,21-22,33H,9-10,15-16H2,1-3H3,(H,32,36). The summed E-state index contributed by atoms with van der Waals surface area (Å²) in [5.41, 5.74) is -1.99. The first kappa shape index (κ1) is 31.2. The van der Waals surface area contributed by atoms with Gasteiger partial charge in [0.25, 0.3) is 11.8 Å². The van der Waals surface area contributed by atoms with Crippen molar-refractivity contribution in [1.29, 1.82) is 0 Å². The number of hydrogen-bond donors (Lipinski definition) is 2. The first-order valence-corrected chi connectivity index (χ1v) is 14.4. The second kappa shape index (κ2) is 12.0. The molecule has 13 heteroatoms. The van der Waals surface area contributed by atoms with E-state index in [9.17, 15) is 40.4 Å². The van der Waals surface area contributed by atoms with Crippen molar-refractivity contribution in [1.82, 2.24) is 14.9 Å². The maximum atomic E-state index is 14.1. The van der Waals surface area contributed by atoms with Crippen molar-refractivity contribution in [2.75, 3.05) is 6.26 Å². The van der Waals surface area contributed by atoms with Gasteiger partial charge in [0, 0.05) is 6.54 Å². The van der Waals surface area contributed by atoms with Crippen molar-refractivity contribution in [3.05, 3.63) is 71.5 Å². The van der Waals surface area contributed by atoms with Crippen LogP contribution in [0.15, 0.2) is 54.6 Å². The minimum Gasteiger partial charge on any atom is -0.345 e. The molecule has 0 saturated heterocycles. The Hall–Kier alpha value is -3.32. The molecule has 8 nitrogen and oxygen atoms in total. The van der Waals surface area contributed by atoms with Crippen molar-refractivity contribution in [3.63, 3.8) is 0 Å². The third-order valence-corrected chi connectivity index (χ3v) is 7.86. The number of rotatable bonds is 12. The van der Waals surface area contributed by atoms with Crippen LogP contribution in [0, 0.1) is 11.7 Å². The van der Waals surface area contributed by atoms with E-state index in [0.29, 0.717) is 24.7 Å². The number of nitrogens with one attached hydrogen (secondary N) is 2. The summed E-state index contributed by atoms with van der Waals surface area (Å²) in [4.78, 5) is 39.6. The highest BCUT2D eigenvalue weighted by molar-refractivity contribution is 7.89. The number of amides is 2. The summed E-state index contributed by atoms with van der Waals surface area (Å²) in [5.74, 6) is -4.64. The summed E-state index contributed by atoms with van der Waals surface area (Å²) in [6.07, 6.45) is -3.18. The van der Waals surface area contributed by atoms with Gasteiger partial charge in [0.1, 0.15) is 17.4 Å². The van der Waals surface area contributed by atoms with Crippen LogP contribution in [0.3, 0.4) is 0 Å². The number of carbonyl (C=O) groups is 3. The van der Waals surface area contributed by atoms with Crippen LogP contribution in [-0.2, 0) is 31.0 Å². The molecule has 2 amide bonds. The molecule has 1 saturated carbocycles. The molecule has 3 rings (SSSR count). The van der Waals surface area contributed by atoms with Crippen LogP contribution < -0.4 is 10.6 Å². The molecule has 0 aromatic heterocycles. The van der Waals surface area contributed by atoms with Crippen molar-refractivity contribution in [3.8, 4) is 0 Å². The van der Waals surface area contributed by atoms with Crippen LogP contribution in [0.4, 0.5) is 17.6 Å². The molecule has 1 fully saturated rings. The van der Waals surface area contributed by atoms with E-state index in [0.717, 1.165) is 38.1 Å². The Morgan fingerprint density at radius 1 is 1.00 bits per heavy atom. The van der Waals surface area contributed by atoms with Crippen molar-refractivity contribution >= 4 is 27.6 Å². The highest BCUT2D eigenvalue weighted by Gasteiger charge is 2.50. The number of halogens is 4. The third-order valence-electron chi connectivity index (χ3n) is 6.56. The van der Waals surface area contributed by atoms with Crippen LogP contribution in [0.1, 0.15) is 50.3 Å². The Balaban J connectivity index is 1.92. The number of ketones is 1. The Morgan fingerprint density at radius 2 is 1.57 bits per heavy atom. The van der Waals surface area contributed by atoms with E-state index in [4.69, 9.17) is 0 Å². The minimum absolute atomic E-state index is 0.0505. The topological polar surface area (TPSA) is 113 Å². The van der Waals surface area contributed by atoms with Crippen LogP contribution in [-0.4, -0.2) is 54.3 Å². The van der Waals surface area contributed by atoms with Crippen molar-refractivity contribution < 1.29 is 40.4 Å². The molecule has 0 radical (unpaired) electrons. The lowest BCUT2D eigenvalue weighted by atomic mass is 9.96. The van der Waals surface area contributed by atoms with Gasteiger partial charge >= 0.3 is 6.18 Å². The van der Waals surface area contributed by atoms with Crippen LogP contribution in [0.5, 0.6) is 0 Å². The van der Waals surface area contributed by atoms with E-state index in [1.165, 1.54) is 0 Å². The second-order valence-corrected chi connectivity index (χ2v) is 12.2. The van der Waals surface area contributed by atoms with Gasteiger partial charge < -0.3 is 5.32 Å². The molecule has 2 atom stereocenters. The summed E-state index contributed by atoms with van der Waals surface area (Å²) >= 11 is 0. The molecule has 2 unspecified atom stereocenters. The maximum absolute atomic E-state index is 14.1. The molecule has 218 valence electrons. The van der Waals surface area contributed by atoms with Gasteiger partial charge in [0.05, 0.1) is 12.3 Å². The summed E-state index contributed by atoms with van der Waals surface area (Å²) in [6.45, 7) is 2.04. The molecule has 0 heterocycles. The molecule has 0 spiro atoms. The highest BCUT2D eigenvalue weighted by Crippen LogP contribution is 2.38. The lowest BCUT2D eigenvalue weighted by Crippen LogP contribution is -2.62. The molecule has 2 aromatic carbocycles. The van der Waals surface area contributed by atoms with E-state index >= 15 is 0 Å². The maximum Gasteiger partial charge on any atom is 0.407 e. The minimum atomic E-state index is -4.93. The number of alkyl halides is 3. The Labute approximate surface area is 230 Å². The molecule has 1 aliphatic carbocycles. The number of sulfonamides is 1. The summed E-state index contributed by atoms with van der Waals surface area (Å²) in [7, 11) is -4.56. The molecule has 0 bridgehead atoms. The first-order valence-electron chi connectivity index (χ1n) is 12.5. The summed E-state index contributed by atoms with van der Waals surface area (Å²) in [5, 5.41) is 4.61. The van der Waals surface area contributed by atoms with Crippen LogP contribution in [0.2, 0.25) is 0 Å². The molecule has 2 N–H and O–H groups in total. The zero-order valence-corrected chi connectivity index (χ0v) is 23.0. The van der Waals surface area contributed by atoms with Gasteiger partial charge in [-0.15, -0.1) is 0 Å². The number of carbonyl (C=O) groups excluding carboxylic acids is 3. The van der Waals surface area contributed by atoms with Crippen LogP contribution in [0.25, 0.3) is 0 Å². The van der Waals surface area contributed by atoms with E-state index in [2.05, 4.69) is 10.6 Å². The lowest BCUT2D eigenvalue weighted by molar-refractivity contribution is -0.162. The summed E-state index contributed by atoms with van der Waals surface area (Å²) in [6, 6.07) is 7.95. The molecule has 2 aromatic rings. The quantitative estimate of drug-likeness (QED) is 0.291. The molecule has 1 aliphatic rings. The monoisotopic (exact) mass is 585 g/mol. The zero-order chi connectivity index (χ0) is 29.9. The lowest BCUT2D eigenvalue weighted by Gasteiger charge is -2.38. The fourth-order valence-corrected chi connectivity index (χ4v) is 5.75. The van der Waals surface area contributed by atoms with E-state index in [1.54, 1.807) is 30.3 Å². The Bertz CT molecular complexity index is 1330. The predicted octanol–water partition coefficient (Wildman–Crippen LogP) is 3.64. The Morgan fingerprint density at radius 3 is 2.08 bits per heavy atom. The SMILES string of the molecule is CC(C)(C(=O)C(=O)NCc1ccccc1)N(C(=O)C(CC1CC1)NC(c1ccc(F)cc1)C(F)(F)F)S(C)(=O)=O. The van der Waals surface area contributed by atoms with Gasteiger partial charge in [-0.05, 0) is 49.4 Å². The molecular formula is C27H31F4N3O5S. The Kier molecular flexibility index (Phi) is 9.40. The van der Waals surface area contributed by atoms with E-state index < -0.39 is 57.2 Å². The molecule has 0 aliphatic heterocycles. The van der Waals surface area contributed by atoms with Gasteiger partial charge in [0.2, 0.25) is 15.8 Å².